The van der Waals surface area contributed by atoms with E-state index < -0.39 is 42.0 Å². The van der Waals surface area contributed by atoms with Crippen LogP contribution in [0.25, 0.3) is 0 Å². The summed E-state index contributed by atoms with van der Waals surface area (Å²) in [5.41, 5.74) is -0.583. The predicted octanol–water partition coefficient (Wildman–Crippen LogP) is 1.52. The van der Waals surface area contributed by atoms with Gasteiger partial charge in [-0.2, -0.15) is 4.39 Å². The zero-order valence-corrected chi connectivity index (χ0v) is 6.93. The number of hydrogen-bond acceptors (Lipinski definition) is 2. The summed E-state index contributed by atoms with van der Waals surface area (Å²) in [7, 11) is 0. The third kappa shape index (κ3) is 2.21. The summed E-state index contributed by atoms with van der Waals surface area (Å²) >= 11 is 0. The number of halogens is 3. The van der Waals surface area contributed by atoms with Gasteiger partial charge in [0.05, 0.1) is 6.20 Å². The monoisotopic (exact) mass is 205 g/mol. The third-order valence-electron chi connectivity index (χ3n) is 1.61. The van der Waals surface area contributed by atoms with E-state index in [-0.39, 0.29) is 0 Å². The van der Waals surface area contributed by atoms with Crippen molar-refractivity contribution in [1.82, 2.24) is 4.98 Å². The van der Waals surface area contributed by atoms with Crippen LogP contribution in [-0.2, 0) is 11.2 Å². The quantitative estimate of drug-likeness (QED) is 0.761. The molecule has 0 bridgehead atoms. The molecule has 0 radical (unpaired) electrons. The number of rotatable bonds is 3. The van der Waals surface area contributed by atoms with E-state index in [2.05, 4.69) is 4.98 Å². The molecular weight excluding hydrogens is 199 g/mol. The van der Waals surface area contributed by atoms with Gasteiger partial charge in [-0.25, -0.2) is 13.8 Å². The summed E-state index contributed by atoms with van der Waals surface area (Å²) in [6.45, 7) is 0. The summed E-state index contributed by atoms with van der Waals surface area (Å²) in [6.07, 6.45) is -0.334. The van der Waals surface area contributed by atoms with Crippen molar-refractivity contribution >= 4 is 5.97 Å². The van der Waals surface area contributed by atoms with Crippen molar-refractivity contribution in [3.63, 3.8) is 0 Å². The molecule has 0 amide bonds. The molecule has 0 aliphatic carbocycles. The molecule has 14 heavy (non-hydrogen) atoms. The molecule has 1 rings (SSSR count). The van der Waals surface area contributed by atoms with E-state index in [1.165, 1.54) is 0 Å². The molecule has 0 unspecified atom stereocenters. The maximum absolute atomic E-state index is 12.8. The molecule has 0 atom stereocenters. The lowest BCUT2D eigenvalue weighted by Crippen LogP contribution is -2.05. The van der Waals surface area contributed by atoms with Gasteiger partial charge in [0, 0.05) is 12.0 Å². The maximum Gasteiger partial charge on any atom is 0.303 e. The van der Waals surface area contributed by atoms with E-state index >= 15 is 0 Å². The first-order valence-electron chi connectivity index (χ1n) is 3.72. The van der Waals surface area contributed by atoms with E-state index in [9.17, 15) is 18.0 Å². The summed E-state index contributed by atoms with van der Waals surface area (Å²) in [6, 6.07) is 0. The van der Waals surface area contributed by atoms with Gasteiger partial charge in [0.25, 0.3) is 0 Å². The van der Waals surface area contributed by atoms with Crippen LogP contribution in [0.5, 0.6) is 0 Å². The lowest BCUT2D eigenvalue weighted by molar-refractivity contribution is -0.136. The number of carboxylic acids is 1. The molecule has 76 valence electrons. The molecule has 0 fully saturated rings. The average Bonchev–Trinajstić information content (AvgIpc) is 2.11. The van der Waals surface area contributed by atoms with Gasteiger partial charge in [0.15, 0.2) is 5.82 Å². The van der Waals surface area contributed by atoms with E-state index in [4.69, 9.17) is 5.11 Å². The second-order valence-corrected chi connectivity index (χ2v) is 2.58. The van der Waals surface area contributed by atoms with Crippen molar-refractivity contribution < 1.29 is 23.1 Å². The Morgan fingerprint density at radius 2 is 2.07 bits per heavy atom. The van der Waals surface area contributed by atoms with E-state index in [0.717, 1.165) is 0 Å². The first-order valence-corrected chi connectivity index (χ1v) is 3.72. The van der Waals surface area contributed by atoms with Crippen LogP contribution in [-0.4, -0.2) is 16.1 Å². The van der Waals surface area contributed by atoms with Gasteiger partial charge in [-0.1, -0.05) is 0 Å². The molecule has 6 heteroatoms. The molecule has 0 spiro atoms. The van der Waals surface area contributed by atoms with Crippen molar-refractivity contribution in [2.24, 2.45) is 0 Å². The van der Waals surface area contributed by atoms with Gasteiger partial charge in [-0.15, -0.1) is 0 Å². The minimum atomic E-state index is -1.42. The van der Waals surface area contributed by atoms with E-state index in [1.807, 2.05) is 0 Å². The highest BCUT2D eigenvalue weighted by molar-refractivity contribution is 5.67. The van der Waals surface area contributed by atoms with Gasteiger partial charge < -0.3 is 5.11 Å². The summed E-state index contributed by atoms with van der Waals surface area (Å²) in [5, 5.41) is 8.27. The fraction of sp³-hybridized carbons (Fsp3) is 0.250. The molecule has 1 N–H and O–H groups in total. The van der Waals surface area contributed by atoms with Crippen LogP contribution in [0.15, 0.2) is 6.20 Å². The molecule has 1 heterocycles. The Morgan fingerprint density at radius 3 is 2.64 bits per heavy atom. The minimum Gasteiger partial charge on any atom is -0.481 e. The molecule has 0 saturated carbocycles. The number of aromatic nitrogens is 1. The minimum absolute atomic E-state index is 0.396. The number of nitrogens with zero attached hydrogens (tertiary/aromatic N) is 1. The largest absolute Gasteiger partial charge is 0.481 e. The predicted molar refractivity (Wildman–Crippen MR) is 40.1 cm³/mol. The van der Waals surface area contributed by atoms with Crippen LogP contribution >= 0.6 is 0 Å². The second-order valence-electron chi connectivity index (χ2n) is 2.58. The summed E-state index contributed by atoms with van der Waals surface area (Å²) in [4.78, 5) is 12.9. The normalized spacial score (nSPS) is 10.2. The molecular formula is C8H6F3NO2. The number of pyridine rings is 1. The lowest BCUT2D eigenvalue weighted by Gasteiger charge is -2.02. The van der Waals surface area contributed by atoms with Gasteiger partial charge in [0.1, 0.15) is 5.82 Å². The Morgan fingerprint density at radius 1 is 1.43 bits per heavy atom. The lowest BCUT2D eigenvalue weighted by atomic mass is 10.1. The third-order valence-corrected chi connectivity index (χ3v) is 1.61. The Labute approximate surface area is 77.2 Å². The van der Waals surface area contributed by atoms with Crippen molar-refractivity contribution in [2.75, 3.05) is 0 Å². The highest BCUT2D eigenvalue weighted by atomic mass is 19.2. The van der Waals surface area contributed by atoms with Crippen LogP contribution < -0.4 is 0 Å². The fourth-order valence-corrected chi connectivity index (χ4v) is 0.938. The molecule has 0 saturated heterocycles. The van der Waals surface area contributed by atoms with Crippen LogP contribution in [0.4, 0.5) is 13.2 Å². The number of aliphatic carboxylic acids is 1. The van der Waals surface area contributed by atoms with Crippen molar-refractivity contribution in [2.45, 2.75) is 12.8 Å². The first kappa shape index (κ1) is 10.5. The Balaban J connectivity index is 2.95. The number of carbonyl (C=O) groups is 1. The van der Waals surface area contributed by atoms with Crippen LogP contribution in [0.3, 0.4) is 0 Å². The number of hydrogen-bond donors (Lipinski definition) is 1. The van der Waals surface area contributed by atoms with Gasteiger partial charge in [-0.3, -0.25) is 4.79 Å². The molecule has 1 aromatic rings. The van der Waals surface area contributed by atoms with Gasteiger partial charge >= 0.3 is 5.97 Å². The Kier molecular flexibility index (Phi) is 3.06. The van der Waals surface area contributed by atoms with E-state index in [0.29, 0.717) is 6.20 Å². The average molecular weight is 205 g/mol. The molecule has 0 aromatic carbocycles. The zero-order valence-electron chi connectivity index (χ0n) is 6.93. The van der Waals surface area contributed by atoms with Gasteiger partial charge in [-0.05, 0) is 6.42 Å². The van der Waals surface area contributed by atoms with Crippen molar-refractivity contribution in [3.05, 3.63) is 29.3 Å². The van der Waals surface area contributed by atoms with Crippen LogP contribution in [0.1, 0.15) is 12.0 Å². The van der Waals surface area contributed by atoms with Crippen molar-refractivity contribution in [1.29, 1.82) is 0 Å². The number of carboxylic acid groups (broad SMARTS) is 1. The van der Waals surface area contributed by atoms with Crippen molar-refractivity contribution in [3.8, 4) is 0 Å². The maximum atomic E-state index is 12.8. The SMILES string of the molecule is O=C(O)CCc1c(F)cnc(F)c1F. The zero-order chi connectivity index (χ0) is 10.7. The molecule has 1 aromatic heterocycles. The van der Waals surface area contributed by atoms with Crippen LogP contribution in [0.2, 0.25) is 0 Å². The van der Waals surface area contributed by atoms with E-state index in [1.54, 1.807) is 0 Å². The first-order chi connectivity index (χ1) is 6.52. The van der Waals surface area contributed by atoms with Crippen LogP contribution in [0, 0.1) is 17.6 Å². The molecule has 0 aliphatic heterocycles. The Hall–Kier alpha value is -1.59. The molecule has 3 nitrogen and oxygen atoms in total. The fourth-order valence-electron chi connectivity index (χ4n) is 0.938. The summed E-state index contributed by atoms with van der Waals surface area (Å²) in [5.74, 6) is -5.09. The smallest absolute Gasteiger partial charge is 0.303 e. The highest BCUT2D eigenvalue weighted by Crippen LogP contribution is 2.15. The topological polar surface area (TPSA) is 50.2 Å². The highest BCUT2D eigenvalue weighted by Gasteiger charge is 2.15. The summed E-state index contributed by atoms with van der Waals surface area (Å²) < 4.78 is 38.1. The standard InChI is InChI=1S/C8H6F3NO2/c9-5-3-12-8(11)7(10)4(5)1-2-6(13)14/h3H,1-2H2,(H,13,14). The second kappa shape index (κ2) is 4.08. The molecule has 0 aliphatic rings. The van der Waals surface area contributed by atoms with Gasteiger partial charge in [0.2, 0.25) is 5.95 Å². The Bertz CT molecular complexity index is 368.